The van der Waals surface area contributed by atoms with Gasteiger partial charge in [0.15, 0.2) is 0 Å². The molecule has 0 atom stereocenters. The molecular weight excluding hydrogens is 544 g/mol. The summed E-state index contributed by atoms with van der Waals surface area (Å²) < 4.78 is 6.37. The summed E-state index contributed by atoms with van der Waals surface area (Å²) in [4.78, 5) is 0. The third kappa shape index (κ3) is 3.56. The second-order valence-electron chi connectivity index (χ2n) is 12.0. The monoisotopic (exact) mass is 570 g/mol. The number of hydrogen-bond acceptors (Lipinski definition) is 1. The Balaban J connectivity index is 1.27. The van der Waals surface area contributed by atoms with Crippen LogP contribution in [0.15, 0.2) is 162 Å². The van der Waals surface area contributed by atoms with E-state index in [0.29, 0.717) is 0 Å². The predicted octanol–water partition coefficient (Wildman–Crippen LogP) is 12.7. The number of rotatable bonds is 2. The quantitative estimate of drug-likeness (QED) is 0.149. The van der Waals surface area contributed by atoms with Crippen LogP contribution in [0.25, 0.3) is 98.1 Å². The summed E-state index contributed by atoms with van der Waals surface area (Å²) in [5, 5.41) is 14.9. The largest absolute Gasteiger partial charge is 0.456 e. The Bertz CT molecular complexity index is 2760. The van der Waals surface area contributed by atoms with Crippen LogP contribution in [0.2, 0.25) is 0 Å². The minimum Gasteiger partial charge on any atom is -0.456 e. The van der Waals surface area contributed by atoms with Crippen LogP contribution < -0.4 is 0 Å². The van der Waals surface area contributed by atoms with Gasteiger partial charge < -0.3 is 4.42 Å². The maximum atomic E-state index is 6.37. The molecule has 10 aromatic rings. The van der Waals surface area contributed by atoms with Crippen molar-refractivity contribution in [3.05, 3.63) is 158 Å². The van der Waals surface area contributed by atoms with Gasteiger partial charge >= 0.3 is 0 Å². The van der Waals surface area contributed by atoms with Crippen molar-refractivity contribution in [2.75, 3.05) is 0 Å². The molecule has 208 valence electrons. The Morgan fingerprint density at radius 2 is 0.756 bits per heavy atom. The Morgan fingerprint density at radius 1 is 0.289 bits per heavy atom. The fraction of sp³-hybridized carbons (Fsp3) is 0. The lowest BCUT2D eigenvalue weighted by Gasteiger charge is -2.18. The molecule has 0 radical (unpaired) electrons. The molecule has 1 nitrogen and oxygen atoms in total. The van der Waals surface area contributed by atoms with E-state index in [4.69, 9.17) is 4.42 Å². The lowest BCUT2D eigenvalue weighted by atomic mass is 9.85. The van der Waals surface area contributed by atoms with Gasteiger partial charge in [0.1, 0.15) is 11.2 Å². The highest BCUT2D eigenvalue weighted by molar-refractivity contribution is 6.24. The molecular formula is C44H26O. The average Bonchev–Trinajstić information content (AvgIpc) is 3.49. The van der Waals surface area contributed by atoms with E-state index in [-0.39, 0.29) is 0 Å². The summed E-state index contributed by atoms with van der Waals surface area (Å²) in [5.41, 5.74) is 6.81. The molecule has 1 heteroatoms. The molecule has 0 aliphatic rings. The number of hydrogen-bond donors (Lipinski definition) is 0. The van der Waals surface area contributed by atoms with E-state index in [1.807, 2.05) is 0 Å². The predicted molar refractivity (Wildman–Crippen MR) is 192 cm³/mol. The Kier molecular flexibility index (Phi) is 5.06. The summed E-state index contributed by atoms with van der Waals surface area (Å²) in [7, 11) is 0. The van der Waals surface area contributed by atoms with Crippen molar-refractivity contribution in [2.24, 2.45) is 0 Å². The van der Waals surface area contributed by atoms with Crippen LogP contribution in [0.1, 0.15) is 0 Å². The molecule has 0 bridgehead atoms. The molecule has 0 unspecified atom stereocenters. The van der Waals surface area contributed by atoms with E-state index < -0.39 is 0 Å². The van der Waals surface area contributed by atoms with E-state index >= 15 is 0 Å². The summed E-state index contributed by atoms with van der Waals surface area (Å²) >= 11 is 0. The van der Waals surface area contributed by atoms with Gasteiger partial charge in [0.25, 0.3) is 0 Å². The zero-order chi connectivity index (χ0) is 29.5. The standard InChI is InChI=1S/C44H26O/c1-3-11-32-27(9-1)17-18-29-25-30(19-22-33(29)32)42-35-13-5-7-15-37(35)43(38-16-8-6-14-36(38)42)31-21-23-40-39(26-31)44-34-12-4-2-10-28(34)20-24-41(44)45-40/h1-26H. The van der Waals surface area contributed by atoms with Crippen molar-refractivity contribution in [3.8, 4) is 22.3 Å². The molecule has 1 heterocycles. The van der Waals surface area contributed by atoms with Gasteiger partial charge in [-0.15, -0.1) is 0 Å². The average molecular weight is 571 g/mol. The van der Waals surface area contributed by atoms with E-state index in [0.717, 1.165) is 16.6 Å². The first-order chi connectivity index (χ1) is 22.3. The van der Waals surface area contributed by atoms with Gasteiger partial charge in [-0.3, -0.25) is 0 Å². The fourth-order valence-corrected chi connectivity index (χ4v) is 7.62. The van der Waals surface area contributed by atoms with Crippen molar-refractivity contribution in [1.82, 2.24) is 0 Å². The number of fused-ring (bicyclic) bond motifs is 10. The summed E-state index contributed by atoms with van der Waals surface area (Å²) in [5.74, 6) is 0. The molecule has 0 fully saturated rings. The zero-order valence-corrected chi connectivity index (χ0v) is 24.4. The van der Waals surface area contributed by atoms with Crippen molar-refractivity contribution in [1.29, 1.82) is 0 Å². The normalized spacial score (nSPS) is 12.0. The molecule has 0 spiro atoms. The summed E-state index contributed by atoms with van der Waals surface area (Å²) in [6, 6.07) is 57.4. The van der Waals surface area contributed by atoms with Gasteiger partial charge in [0.05, 0.1) is 0 Å². The maximum absolute atomic E-state index is 6.37. The van der Waals surface area contributed by atoms with Gasteiger partial charge in [-0.05, 0) is 100 Å². The van der Waals surface area contributed by atoms with Gasteiger partial charge in [-0.2, -0.15) is 0 Å². The molecule has 0 saturated carbocycles. The van der Waals surface area contributed by atoms with Crippen LogP contribution in [-0.4, -0.2) is 0 Å². The first kappa shape index (κ1) is 24.5. The Morgan fingerprint density at radius 3 is 1.44 bits per heavy atom. The first-order valence-corrected chi connectivity index (χ1v) is 15.5. The van der Waals surface area contributed by atoms with Crippen molar-refractivity contribution in [3.63, 3.8) is 0 Å². The molecule has 45 heavy (non-hydrogen) atoms. The molecule has 0 saturated heterocycles. The molecule has 10 rings (SSSR count). The van der Waals surface area contributed by atoms with Crippen molar-refractivity contribution < 1.29 is 4.42 Å². The van der Waals surface area contributed by atoms with Gasteiger partial charge in [0, 0.05) is 10.8 Å². The lowest BCUT2D eigenvalue weighted by molar-refractivity contribution is 0.669. The van der Waals surface area contributed by atoms with E-state index in [2.05, 4.69) is 158 Å². The van der Waals surface area contributed by atoms with Crippen LogP contribution in [0.3, 0.4) is 0 Å². The molecule has 0 aliphatic heterocycles. The highest BCUT2D eigenvalue weighted by Crippen LogP contribution is 2.46. The Labute approximate surface area is 259 Å². The van der Waals surface area contributed by atoms with E-state index in [9.17, 15) is 0 Å². The van der Waals surface area contributed by atoms with Crippen LogP contribution in [0.4, 0.5) is 0 Å². The minimum atomic E-state index is 0.916. The van der Waals surface area contributed by atoms with Crippen LogP contribution in [0, 0.1) is 0 Å². The highest BCUT2D eigenvalue weighted by Gasteiger charge is 2.18. The third-order valence-electron chi connectivity index (χ3n) is 9.61. The molecule has 1 aromatic heterocycles. The molecule has 0 N–H and O–H groups in total. The van der Waals surface area contributed by atoms with Crippen molar-refractivity contribution >= 4 is 75.8 Å². The van der Waals surface area contributed by atoms with Gasteiger partial charge in [0.2, 0.25) is 0 Å². The topological polar surface area (TPSA) is 13.1 Å². The van der Waals surface area contributed by atoms with Gasteiger partial charge in [-0.1, -0.05) is 133 Å². The van der Waals surface area contributed by atoms with E-state index in [1.165, 1.54) is 81.5 Å². The SMILES string of the molecule is c1ccc2c(c1)ccc1cc(-c3c4ccccc4c(-c4ccc5oc6ccc7ccccc7c6c5c4)c4ccccc34)ccc12. The fourth-order valence-electron chi connectivity index (χ4n) is 7.62. The summed E-state index contributed by atoms with van der Waals surface area (Å²) in [6.07, 6.45) is 0. The molecule has 0 aliphatic carbocycles. The second-order valence-corrected chi connectivity index (χ2v) is 12.0. The lowest BCUT2D eigenvalue weighted by Crippen LogP contribution is -1.91. The highest BCUT2D eigenvalue weighted by atomic mass is 16.3. The summed E-state index contributed by atoms with van der Waals surface area (Å²) in [6.45, 7) is 0. The number of benzene rings is 9. The van der Waals surface area contributed by atoms with E-state index in [1.54, 1.807) is 0 Å². The minimum absolute atomic E-state index is 0.916. The van der Waals surface area contributed by atoms with Crippen LogP contribution in [0.5, 0.6) is 0 Å². The first-order valence-electron chi connectivity index (χ1n) is 15.5. The molecule has 9 aromatic carbocycles. The third-order valence-corrected chi connectivity index (χ3v) is 9.61. The number of furan rings is 1. The maximum Gasteiger partial charge on any atom is 0.136 e. The van der Waals surface area contributed by atoms with Gasteiger partial charge in [-0.25, -0.2) is 0 Å². The smallest absolute Gasteiger partial charge is 0.136 e. The van der Waals surface area contributed by atoms with Crippen LogP contribution in [-0.2, 0) is 0 Å². The molecule has 0 amide bonds. The zero-order valence-electron chi connectivity index (χ0n) is 24.4. The van der Waals surface area contributed by atoms with Crippen molar-refractivity contribution in [2.45, 2.75) is 0 Å². The second kappa shape index (κ2) is 9.29. The Hall–Kier alpha value is -5.92. The van der Waals surface area contributed by atoms with Crippen LogP contribution >= 0.6 is 0 Å².